The molecule has 1 aromatic rings. The molecule has 2 atom stereocenters. The molecule has 1 saturated heterocycles. The molecule has 2 heterocycles. The van der Waals surface area contributed by atoms with Crippen LogP contribution in [0.15, 0.2) is 6.20 Å². The minimum atomic E-state index is 0.359. The van der Waals surface area contributed by atoms with Gasteiger partial charge in [0, 0.05) is 32.4 Å². The van der Waals surface area contributed by atoms with Gasteiger partial charge in [0.2, 0.25) is 0 Å². The molecule has 1 aliphatic heterocycles. The lowest BCUT2D eigenvalue weighted by Crippen LogP contribution is -2.46. The van der Waals surface area contributed by atoms with Gasteiger partial charge in [-0.15, -0.1) is 0 Å². The summed E-state index contributed by atoms with van der Waals surface area (Å²) in [4.78, 5) is 2.40. The Hall–Kier alpha value is -1.03. The number of aromatic nitrogens is 2. The number of hydrogen-bond donors (Lipinski definition) is 1. The zero-order chi connectivity index (χ0) is 11.0. The summed E-state index contributed by atoms with van der Waals surface area (Å²) >= 11 is 0. The van der Waals surface area contributed by atoms with E-state index in [1.165, 1.54) is 5.69 Å². The van der Waals surface area contributed by atoms with E-state index in [-0.39, 0.29) is 0 Å². The Morgan fingerprint density at radius 2 is 2.27 bits per heavy atom. The van der Waals surface area contributed by atoms with Crippen molar-refractivity contribution in [2.45, 2.75) is 26.3 Å². The summed E-state index contributed by atoms with van der Waals surface area (Å²) in [6.45, 7) is 6.39. The fraction of sp³-hybridized carbons (Fsp3) is 0.727. The number of anilines is 1. The number of nitrogens with two attached hydrogens (primary N) is 1. The van der Waals surface area contributed by atoms with Crippen molar-refractivity contribution in [3.8, 4) is 0 Å². The van der Waals surface area contributed by atoms with Crippen molar-refractivity contribution in [2.24, 2.45) is 18.7 Å². The summed E-state index contributed by atoms with van der Waals surface area (Å²) in [7, 11) is 1.97. The van der Waals surface area contributed by atoms with Crippen LogP contribution in [0.1, 0.15) is 19.0 Å². The van der Waals surface area contributed by atoms with E-state index >= 15 is 0 Å². The van der Waals surface area contributed by atoms with Crippen molar-refractivity contribution >= 4 is 5.69 Å². The third-order valence-corrected chi connectivity index (χ3v) is 3.30. The van der Waals surface area contributed by atoms with Crippen molar-refractivity contribution in [1.82, 2.24) is 9.78 Å². The van der Waals surface area contributed by atoms with Crippen LogP contribution in [0.25, 0.3) is 0 Å². The third-order valence-electron chi connectivity index (χ3n) is 3.30. The Morgan fingerprint density at radius 3 is 2.80 bits per heavy atom. The second kappa shape index (κ2) is 3.85. The molecule has 2 rings (SSSR count). The second-order valence-electron chi connectivity index (χ2n) is 4.65. The van der Waals surface area contributed by atoms with Crippen molar-refractivity contribution in [1.29, 1.82) is 0 Å². The van der Waals surface area contributed by atoms with E-state index in [4.69, 9.17) is 5.73 Å². The van der Waals surface area contributed by atoms with Crippen molar-refractivity contribution in [2.75, 3.05) is 18.0 Å². The van der Waals surface area contributed by atoms with Gasteiger partial charge >= 0.3 is 0 Å². The quantitative estimate of drug-likeness (QED) is 0.746. The number of piperidine rings is 1. The van der Waals surface area contributed by atoms with Gasteiger partial charge in [-0.1, -0.05) is 6.92 Å². The Balaban J connectivity index is 2.15. The maximum absolute atomic E-state index is 6.01. The fourth-order valence-corrected chi connectivity index (χ4v) is 2.28. The van der Waals surface area contributed by atoms with Gasteiger partial charge in [0.25, 0.3) is 0 Å². The van der Waals surface area contributed by atoms with Crippen molar-refractivity contribution < 1.29 is 0 Å². The highest BCUT2D eigenvalue weighted by Crippen LogP contribution is 2.24. The number of hydrogen-bond acceptors (Lipinski definition) is 3. The molecule has 0 spiro atoms. The molecule has 4 heteroatoms. The lowest BCUT2D eigenvalue weighted by atomic mass is 9.94. The average molecular weight is 208 g/mol. The van der Waals surface area contributed by atoms with Gasteiger partial charge < -0.3 is 10.6 Å². The smallest absolute Gasteiger partial charge is 0.0827 e. The Morgan fingerprint density at radius 1 is 1.53 bits per heavy atom. The average Bonchev–Trinajstić information content (AvgIpc) is 2.50. The first kappa shape index (κ1) is 10.5. The van der Waals surface area contributed by atoms with Crippen molar-refractivity contribution in [3.05, 3.63) is 11.9 Å². The van der Waals surface area contributed by atoms with Gasteiger partial charge in [-0.05, 0) is 19.3 Å². The maximum Gasteiger partial charge on any atom is 0.0827 e. The fourth-order valence-electron chi connectivity index (χ4n) is 2.28. The van der Waals surface area contributed by atoms with Gasteiger partial charge in [-0.25, -0.2) is 0 Å². The minimum Gasteiger partial charge on any atom is -0.368 e. The SMILES string of the molecule is Cc1nn(C)cc1N1CCC(N)C(C)C1. The second-order valence-corrected chi connectivity index (χ2v) is 4.65. The molecule has 2 unspecified atom stereocenters. The van der Waals surface area contributed by atoms with E-state index in [2.05, 4.69) is 30.0 Å². The first-order valence-electron chi connectivity index (χ1n) is 5.58. The van der Waals surface area contributed by atoms with E-state index in [0.717, 1.165) is 25.2 Å². The largest absolute Gasteiger partial charge is 0.368 e. The van der Waals surface area contributed by atoms with E-state index in [9.17, 15) is 0 Å². The summed E-state index contributed by atoms with van der Waals surface area (Å²) in [6, 6.07) is 0.359. The molecule has 0 aliphatic carbocycles. The number of nitrogens with zero attached hydrogens (tertiary/aromatic N) is 3. The number of rotatable bonds is 1. The Kier molecular flexibility index (Phi) is 2.69. The zero-order valence-electron chi connectivity index (χ0n) is 9.77. The van der Waals surface area contributed by atoms with Crippen LogP contribution in [0, 0.1) is 12.8 Å². The molecule has 15 heavy (non-hydrogen) atoms. The van der Waals surface area contributed by atoms with Crippen LogP contribution in [-0.4, -0.2) is 28.9 Å². The molecule has 1 fully saturated rings. The van der Waals surface area contributed by atoms with Crippen LogP contribution in [0.3, 0.4) is 0 Å². The molecule has 1 aliphatic rings. The Labute approximate surface area is 91.1 Å². The Bertz CT molecular complexity index is 344. The maximum atomic E-state index is 6.01. The summed E-state index contributed by atoms with van der Waals surface area (Å²) in [5.41, 5.74) is 8.39. The summed E-state index contributed by atoms with van der Waals surface area (Å²) in [5.74, 6) is 0.568. The predicted octanol–water partition coefficient (Wildman–Crippen LogP) is 0.902. The molecule has 0 amide bonds. The minimum absolute atomic E-state index is 0.359. The molecule has 2 N–H and O–H groups in total. The molecule has 0 bridgehead atoms. The van der Waals surface area contributed by atoms with Crippen LogP contribution in [-0.2, 0) is 7.05 Å². The molecule has 1 aromatic heterocycles. The first-order chi connectivity index (χ1) is 7.08. The molecule has 0 saturated carbocycles. The van der Waals surface area contributed by atoms with Gasteiger partial charge in [-0.3, -0.25) is 4.68 Å². The first-order valence-corrected chi connectivity index (χ1v) is 5.58. The van der Waals surface area contributed by atoms with E-state index in [0.29, 0.717) is 12.0 Å². The van der Waals surface area contributed by atoms with Crippen LogP contribution in [0.5, 0.6) is 0 Å². The molecule has 4 nitrogen and oxygen atoms in total. The van der Waals surface area contributed by atoms with Gasteiger partial charge in [0.1, 0.15) is 0 Å². The molecular formula is C11H20N4. The van der Waals surface area contributed by atoms with Gasteiger partial charge in [0.05, 0.1) is 11.4 Å². The topological polar surface area (TPSA) is 47.1 Å². The highest BCUT2D eigenvalue weighted by atomic mass is 15.3. The summed E-state index contributed by atoms with van der Waals surface area (Å²) in [6.07, 6.45) is 3.17. The van der Waals surface area contributed by atoms with Crippen LogP contribution in [0.2, 0.25) is 0 Å². The lowest BCUT2D eigenvalue weighted by Gasteiger charge is -2.36. The van der Waals surface area contributed by atoms with Crippen LogP contribution >= 0.6 is 0 Å². The van der Waals surface area contributed by atoms with Gasteiger partial charge in [0.15, 0.2) is 0 Å². The monoisotopic (exact) mass is 208 g/mol. The van der Waals surface area contributed by atoms with E-state index in [1.54, 1.807) is 0 Å². The van der Waals surface area contributed by atoms with Crippen LogP contribution < -0.4 is 10.6 Å². The van der Waals surface area contributed by atoms with E-state index in [1.807, 2.05) is 11.7 Å². The zero-order valence-corrected chi connectivity index (χ0v) is 9.77. The number of aryl methyl sites for hydroxylation is 2. The standard InChI is InChI=1S/C11H20N4/c1-8-6-15(5-4-10(8)12)11-7-14(3)13-9(11)2/h7-8,10H,4-6,12H2,1-3H3. The van der Waals surface area contributed by atoms with Crippen molar-refractivity contribution in [3.63, 3.8) is 0 Å². The normalized spacial score (nSPS) is 27.1. The molecule has 0 aromatic carbocycles. The highest BCUT2D eigenvalue weighted by molar-refractivity contribution is 5.49. The lowest BCUT2D eigenvalue weighted by molar-refractivity contribution is 0.382. The molecular weight excluding hydrogens is 188 g/mol. The molecule has 84 valence electrons. The van der Waals surface area contributed by atoms with E-state index < -0.39 is 0 Å². The van der Waals surface area contributed by atoms with Crippen LogP contribution in [0.4, 0.5) is 5.69 Å². The van der Waals surface area contributed by atoms with Gasteiger partial charge in [-0.2, -0.15) is 5.10 Å². The summed E-state index contributed by atoms with van der Waals surface area (Å²) in [5, 5.41) is 4.37. The molecule has 0 radical (unpaired) electrons. The summed E-state index contributed by atoms with van der Waals surface area (Å²) < 4.78 is 1.88. The highest BCUT2D eigenvalue weighted by Gasteiger charge is 2.24. The third kappa shape index (κ3) is 2.00. The predicted molar refractivity (Wildman–Crippen MR) is 61.9 cm³/mol.